The fraction of sp³-hybridized carbons (Fsp3) is 0.371. The lowest BCUT2D eigenvalue weighted by Gasteiger charge is -2.41. The topological polar surface area (TPSA) is 152 Å². The highest BCUT2D eigenvalue weighted by atomic mass is 16.5. The average Bonchev–Trinajstić information content (AvgIpc) is 3.14. The van der Waals surface area contributed by atoms with Crippen molar-refractivity contribution in [2.24, 2.45) is 4.99 Å². The molecule has 8 rings (SSSR count). The molecule has 6 N–H and O–H groups in total. The molecule has 1 heterocycles. The molecule has 0 bridgehead atoms. The van der Waals surface area contributed by atoms with E-state index in [-0.39, 0.29) is 46.3 Å². The summed E-state index contributed by atoms with van der Waals surface area (Å²) in [4.78, 5) is 18.9. The maximum atomic E-state index is 13.5. The fourth-order valence-electron chi connectivity index (χ4n) is 8.74. The lowest BCUT2D eigenvalue weighted by atomic mass is 9.75. The van der Waals surface area contributed by atoms with Gasteiger partial charge in [0, 0.05) is 38.7 Å². The van der Waals surface area contributed by atoms with Gasteiger partial charge in [-0.05, 0) is 66.1 Å². The van der Waals surface area contributed by atoms with Crippen molar-refractivity contribution in [2.45, 2.75) is 76.8 Å². The minimum absolute atomic E-state index is 0.0168. The van der Waals surface area contributed by atoms with Gasteiger partial charge in [-0.3, -0.25) is 15.1 Å². The van der Waals surface area contributed by atoms with Crippen LogP contribution in [0.25, 0.3) is 37.9 Å². The van der Waals surface area contributed by atoms with Gasteiger partial charge in [-0.15, -0.1) is 0 Å². The number of fused-ring (bicyclic) bond motifs is 5. The van der Waals surface area contributed by atoms with Crippen molar-refractivity contribution in [3.8, 4) is 23.0 Å². The Bertz CT molecular complexity index is 2110. The van der Waals surface area contributed by atoms with Gasteiger partial charge in [-0.1, -0.05) is 24.5 Å². The van der Waals surface area contributed by atoms with Crippen LogP contribution < -0.4 is 15.3 Å². The summed E-state index contributed by atoms with van der Waals surface area (Å²) in [6, 6.07) is 2.75. The number of phenols is 3. The SMILES string of the molecule is COc1c(O)c2c(O)cc(CO)c3c4c(CO)cc(O)c5c4c4c(c1C(C(C)=O)C(C)=CC=4C1=N[C@H]4CCCC[C@H]4NC15)c23. The summed E-state index contributed by atoms with van der Waals surface area (Å²) in [5.74, 6) is -1.39. The van der Waals surface area contributed by atoms with E-state index in [9.17, 15) is 30.3 Å². The van der Waals surface area contributed by atoms with Crippen LogP contribution in [0.5, 0.6) is 23.0 Å². The third-order valence-corrected chi connectivity index (χ3v) is 10.4. The number of nitrogens with zero attached hydrogens (tertiary/aromatic N) is 1. The molecule has 2 unspecified atom stereocenters. The van der Waals surface area contributed by atoms with Crippen molar-refractivity contribution >= 4 is 49.4 Å². The largest absolute Gasteiger partial charge is 0.508 e. The maximum Gasteiger partial charge on any atom is 0.169 e. The van der Waals surface area contributed by atoms with Gasteiger partial charge in [0.05, 0.1) is 49.4 Å². The van der Waals surface area contributed by atoms with Crippen LogP contribution in [-0.2, 0) is 18.0 Å². The van der Waals surface area contributed by atoms with Gasteiger partial charge in [0.2, 0.25) is 0 Å². The highest BCUT2D eigenvalue weighted by Crippen LogP contribution is 2.55. The van der Waals surface area contributed by atoms with Crippen LogP contribution in [0.2, 0.25) is 0 Å². The van der Waals surface area contributed by atoms with Crippen LogP contribution in [-0.4, -0.2) is 56.2 Å². The molecule has 3 aliphatic carbocycles. The van der Waals surface area contributed by atoms with Gasteiger partial charge in [0.1, 0.15) is 17.3 Å². The number of carbonyl (C=O) groups excluding carboxylic acids is 1. The van der Waals surface area contributed by atoms with E-state index in [1.807, 2.05) is 13.0 Å². The molecular formula is C35H34N2O7. The lowest BCUT2D eigenvalue weighted by molar-refractivity contribution is -0.117. The number of hydrogen-bond acceptors (Lipinski definition) is 9. The molecule has 9 nitrogen and oxygen atoms in total. The van der Waals surface area contributed by atoms with Gasteiger partial charge < -0.3 is 30.3 Å². The second kappa shape index (κ2) is 9.41. The Morgan fingerprint density at radius 3 is 2.27 bits per heavy atom. The Labute approximate surface area is 252 Å². The number of benzene rings is 4. The van der Waals surface area contributed by atoms with E-state index in [1.165, 1.54) is 20.1 Å². The molecule has 1 aliphatic heterocycles. The first-order chi connectivity index (χ1) is 21.2. The van der Waals surface area contributed by atoms with Crippen LogP contribution >= 0.6 is 0 Å². The van der Waals surface area contributed by atoms with E-state index in [0.29, 0.717) is 54.4 Å². The summed E-state index contributed by atoms with van der Waals surface area (Å²) in [6.45, 7) is 2.57. The van der Waals surface area contributed by atoms with Crippen molar-refractivity contribution < 1.29 is 35.1 Å². The van der Waals surface area contributed by atoms with E-state index >= 15 is 0 Å². The van der Waals surface area contributed by atoms with Crippen LogP contribution in [0.4, 0.5) is 0 Å². The third kappa shape index (κ3) is 3.29. The second-order valence-corrected chi connectivity index (χ2v) is 12.7. The van der Waals surface area contributed by atoms with Gasteiger partial charge in [-0.2, -0.15) is 0 Å². The van der Waals surface area contributed by atoms with Gasteiger partial charge in [0.15, 0.2) is 11.5 Å². The summed E-state index contributed by atoms with van der Waals surface area (Å²) in [6.07, 6.45) is 6.09. The van der Waals surface area contributed by atoms with Crippen molar-refractivity contribution in [2.75, 3.05) is 7.11 Å². The van der Waals surface area contributed by atoms with Crippen molar-refractivity contribution in [3.05, 3.63) is 51.3 Å². The number of ether oxygens (including phenoxy) is 1. The molecule has 4 atom stereocenters. The molecule has 0 radical (unpaired) electrons. The van der Waals surface area contributed by atoms with Crippen LogP contribution in [0.15, 0.2) is 28.8 Å². The molecule has 0 aromatic heterocycles. The number of carbonyl (C=O) groups is 1. The number of allylic oxidation sites excluding steroid dienone is 2. The molecule has 44 heavy (non-hydrogen) atoms. The van der Waals surface area contributed by atoms with Gasteiger partial charge >= 0.3 is 0 Å². The molecule has 226 valence electrons. The highest BCUT2D eigenvalue weighted by molar-refractivity contribution is 6.36. The van der Waals surface area contributed by atoms with Crippen LogP contribution in [0.3, 0.4) is 0 Å². The zero-order chi connectivity index (χ0) is 30.8. The van der Waals surface area contributed by atoms with Gasteiger partial charge in [0.25, 0.3) is 0 Å². The zero-order valence-electron chi connectivity index (χ0n) is 24.8. The Balaban J connectivity index is 1.76. The summed E-state index contributed by atoms with van der Waals surface area (Å²) in [5.41, 5.74) is 4.23. The second-order valence-electron chi connectivity index (χ2n) is 12.7. The number of rotatable bonds is 4. The van der Waals surface area contributed by atoms with Crippen molar-refractivity contribution in [3.63, 3.8) is 0 Å². The van der Waals surface area contributed by atoms with E-state index in [2.05, 4.69) is 5.32 Å². The third-order valence-electron chi connectivity index (χ3n) is 10.4. The molecule has 0 amide bonds. The number of aliphatic hydroxyl groups is 2. The number of aliphatic imine (C=N–C) groups is 1. The molecule has 4 aromatic rings. The average molecular weight is 595 g/mol. The smallest absolute Gasteiger partial charge is 0.169 e. The predicted molar refractivity (Wildman–Crippen MR) is 168 cm³/mol. The molecule has 4 aromatic carbocycles. The Hall–Kier alpha value is -4.18. The van der Waals surface area contributed by atoms with E-state index in [4.69, 9.17) is 9.73 Å². The molecule has 4 aliphatic rings. The molecular weight excluding hydrogens is 560 g/mol. The van der Waals surface area contributed by atoms with Crippen LogP contribution in [0, 0.1) is 0 Å². The Morgan fingerprint density at radius 1 is 0.932 bits per heavy atom. The maximum absolute atomic E-state index is 13.5. The number of aliphatic hydroxyl groups excluding tert-OH is 2. The van der Waals surface area contributed by atoms with Crippen LogP contribution in [0.1, 0.15) is 73.7 Å². The van der Waals surface area contributed by atoms with Crippen molar-refractivity contribution in [1.82, 2.24) is 5.32 Å². The minimum Gasteiger partial charge on any atom is -0.508 e. The number of methoxy groups -OCH3 is 1. The quantitative estimate of drug-likeness (QED) is 0.152. The van der Waals surface area contributed by atoms with E-state index in [0.717, 1.165) is 42.5 Å². The van der Waals surface area contributed by atoms with Gasteiger partial charge in [-0.25, -0.2) is 0 Å². The number of Topliss-reactive ketones (excluding diaryl/α,β-unsaturated/α-hetero) is 1. The lowest BCUT2D eigenvalue weighted by Crippen LogP contribution is -2.51. The summed E-state index contributed by atoms with van der Waals surface area (Å²) in [5, 5.41) is 63.6. The highest BCUT2D eigenvalue weighted by Gasteiger charge is 2.43. The predicted octanol–water partition coefficient (Wildman–Crippen LogP) is 4.17. The minimum atomic E-state index is -0.786. The first kappa shape index (κ1) is 27.4. The zero-order valence-corrected chi connectivity index (χ0v) is 24.8. The summed E-state index contributed by atoms with van der Waals surface area (Å²) in [7, 11) is 1.42. The first-order valence-electron chi connectivity index (χ1n) is 15.2. The normalized spacial score (nSPS) is 23.9. The number of nitrogens with one attached hydrogen (secondary N) is 1. The number of hydrogen-bond donors (Lipinski definition) is 6. The summed E-state index contributed by atoms with van der Waals surface area (Å²) >= 11 is 0. The molecule has 1 fully saturated rings. The fourth-order valence-corrected chi connectivity index (χ4v) is 8.74. The summed E-state index contributed by atoms with van der Waals surface area (Å²) < 4.78 is 5.83. The van der Waals surface area contributed by atoms with E-state index < -0.39 is 25.2 Å². The number of aromatic hydroxyl groups is 3. The Morgan fingerprint density at radius 2 is 1.59 bits per heavy atom. The first-order valence-corrected chi connectivity index (χ1v) is 15.2. The monoisotopic (exact) mass is 594 g/mol. The van der Waals surface area contributed by atoms with Crippen molar-refractivity contribution in [1.29, 1.82) is 0 Å². The molecule has 9 heteroatoms. The molecule has 0 spiro atoms. The molecule has 0 saturated heterocycles. The standard InChI is InChI=1S/C35H34N2O7/c1-13-8-17-25-28-23(15(11-38)9-20(41)26(28)33-32(17)36-18-6-4-5-7-19(18)37-33)24-16(12-39)10-21(42)27-29(24)30(25)31(22(13)14(2)40)35(44-3)34(27)43/h8-10,18-19,22,33,37-39,41-43H,4-7,11-12H2,1-3H3/t18-,19+,22?,33?/m0/s1. The number of phenolic OH excluding ortho intramolecular Hbond substituents is 3. The van der Waals surface area contributed by atoms with E-state index in [1.54, 1.807) is 6.07 Å². The number of ketones is 1. The Kier molecular flexibility index (Phi) is 5.85. The molecule has 1 saturated carbocycles.